The Morgan fingerprint density at radius 3 is 2.76 bits per heavy atom. The molecule has 1 saturated carbocycles. The maximum Gasteiger partial charge on any atom is 0.160 e. The number of methoxy groups -OCH3 is 1. The lowest BCUT2D eigenvalue weighted by atomic mass is 10.2. The van der Waals surface area contributed by atoms with Crippen molar-refractivity contribution in [2.75, 3.05) is 19.5 Å². The molecule has 3 rings (SSSR count). The molecule has 1 aromatic heterocycles. The number of nitrogens with zero attached hydrogens (tertiary/aromatic N) is 2. The number of hydrogen-bond donors (Lipinski definition) is 1. The zero-order valence-electron chi connectivity index (χ0n) is 10.5. The van der Waals surface area contributed by atoms with E-state index in [0.717, 1.165) is 24.5 Å². The van der Waals surface area contributed by atoms with Crippen LogP contribution in [0.1, 0.15) is 42.4 Å². The molecule has 0 radical (unpaired) electrons. The van der Waals surface area contributed by atoms with Gasteiger partial charge in [-0.05, 0) is 38.0 Å². The SMILES string of the molecule is CNc1nc(C(OC)C2CC2)nc2c1CCC2. The molecule has 0 aromatic carbocycles. The van der Waals surface area contributed by atoms with E-state index in [-0.39, 0.29) is 6.10 Å². The summed E-state index contributed by atoms with van der Waals surface area (Å²) in [7, 11) is 3.70. The predicted molar refractivity (Wildman–Crippen MR) is 66.1 cm³/mol. The zero-order chi connectivity index (χ0) is 11.8. The average Bonchev–Trinajstić information content (AvgIpc) is 3.06. The van der Waals surface area contributed by atoms with Crippen molar-refractivity contribution in [3.05, 3.63) is 17.1 Å². The Balaban J connectivity index is 1.99. The van der Waals surface area contributed by atoms with Crippen LogP contribution in [0.2, 0.25) is 0 Å². The van der Waals surface area contributed by atoms with Gasteiger partial charge in [-0.15, -0.1) is 0 Å². The van der Waals surface area contributed by atoms with Crippen molar-refractivity contribution in [1.82, 2.24) is 9.97 Å². The van der Waals surface area contributed by atoms with Crippen molar-refractivity contribution in [2.45, 2.75) is 38.2 Å². The van der Waals surface area contributed by atoms with Gasteiger partial charge < -0.3 is 10.1 Å². The van der Waals surface area contributed by atoms with Crippen LogP contribution >= 0.6 is 0 Å². The first-order valence-electron chi connectivity index (χ1n) is 6.43. The second kappa shape index (κ2) is 4.26. The molecule has 92 valence electrons. The van der Waals surface area contributed by atoms with E-state index in [9.17, 15) is 0 Å². The van der Waals surface area contributed by atoms with Crippen LogP contribution in [0.5, 0.6) is 0 Å². The molecular weight excluding hydrogens is 214 g/mol. The molecule has 2 aliphatic rings. The topological polar surface area (TPSA) is 47.0 Å². The van der Waals surface area contributed by atoms with E-state index >= 15 is 0 Å². The van der Waals surface area contributed by atoms with Crippen molar-refractivity contribution < 1.29 is 4.74 Å². The lowest BCUT2D eigenvalue weighted by Gasteiger charge is -2.16. The lowest BCUT2D eigenvalue weighted by molar-refractivity contribution is 0.0771. The highest BCUT2D eigenvalue weighted by molar-refractivity contribution is 5.48. The third kappa shape index (κ3) is 1.90. The minimum Gasteiger partial charge on any atom is -0.373 e. The maximum absolute atomic E-state index is 5.57. The van der Waals surface area contributed by atoms with Gasteiger partial charge in [0, 0.05) is 25.4 Å². The third-order valence-electron chi connectivity index (χ3n) is 3.75. The number of fused-ring (bicyclic) bond motifs is 1. The summed E-state index contributed by atoms with van der Waals surface area (Å²) in [5.74, 6) is 2.51. The molecule has 2 aliphatic carbocycles. The van der Waals surface area contributed by atoms with Gasteiger partial charge in [-0.2, -0.15) is 0 Å². The highest BCUT2D eigenvalue weighted by atomic mass is 16.5. The molecule has 0 aliphatic heterocycles. The predicted octanol–water partition coefficient (Wildman–Crippen LogP) is 2.10. The molecule has 1 heterocycles. The molecule has 0 spiro atoms. The van der Waals surface area contributed by atoms with Crippen LogP contribution in [-0.2, 0) is 17.6 Å². The van der Waals surface area contributed by atoms with Gasteiger partial charge in [0.05, 0.1) is 0 Å². The highest BCUT2D eigenvalue weighted by Crippen LogP contribution is 2.42. The monoisotopic (exact) mass is 233 g/mol. The first-order valence-corrected chi connectivity index (χ1v) is 6.43. The molecule has 0 bridgehead atoms. The van der Waals surface area contributed by atoms with Crippen LogP contribution in [0.25, 0.3) is 0 Å². The van der Waals surface area contributed by atoms with Gasteiger partial charge in [-0.25, -0.2) is 9.97 Å². The van der Waals surface area contributed by atoms with E-state index in [4.69, 9.17) is 9.72 Å². The minimum absolute atomic E-state index is 0.0907. The number of hydrogen-bond acceptors (Lipinski definition) is 4. The maximum atomic E-state index is 5.57. The Hall–Kier alpha value is -1.16. The van der Waals surface area contributed by atoms with Gasteiger partial charge in [0.25, 0.3) is 0 Å². The summed E-state index contributed by atoms with van der Waals surface area (Å²) >= 11 is 0. The summed E-state index contributed by atoms with van der Waals surface area (Å²) in [6.45, 7) is 0. The van der Waals surface area contributed by atoms with E-state index in [1.54, 1.807) is 7.11 Å². The summed E-state index contributed by atoms with van der Waals surface area (Å²) in [5, 5.41) is 3.20. The van der Waals surface area contributed by atoms with E-state index in [1.807, 2.05) is 7.05 Å². The number of nitrogens with one attached hydrogen (secondary N) is 1. The van der Waals surface area contributed by atoms with Crippen LogP contribution in [0.3, 0.4) is 0 Å². The lowest BCUT2D eigenvalue weighted by Crippen LogP contribution is -2.13. The van der Waals surface area contributed by atoms with Crippen molar-refractivity contribution >= 4 is 5.82 Å². The number of aromatic nitrogens is 2. The summed E-state index contributed by atoms with van der Waals surface area (Å²) in [6.07, 6.45) is 5.96. The van der Waals surface area contributed by atoms with Crippen LogP contribution in [0.4, 0.5) is 5.82 Å². The van der Waals surface area contributed by atoms with Gasteiger partial charge >= 0.3 is 0 Å². The van der Waals surface area contributed by atoms with Crippen molar-refractivity contribution in [3.8, 4) is 0 Å². The molecule has 1 atom stereocenters. The van der Waals surface area contributed by atoms with Gasteiger partial charge in [-0.1, -0.05) is 0 Å². The molecule has 0 amide bonds. The van der Waals surface area contributed by atoms with Gasteiger partial charge in [0.1, 0.15) is 11.9 Å². The van der Waals surface area contributed by atoms with Crippen LogP contribution in [-0.4, -0.2) is 24.1 Å². The zero-order valence-corrected chi connectivity index (χ0v) is 10.5. The Morgan fingerprint density at radius 1 is 1.29 bits per heavy atom. The van der Waals surface area contributed by atoms with Gasteiger partial charge in [-0.3, -0.25) is 0 Å². The largest absolute Gasteiger partial charge is 0.373 e. The molecule has 4 heteroatoms. The summed E-state index contributed by atoms with van der Waals surface area (Å²) in [6, 6.07) is 0. The van der Waals surface area contributed by atoms with Gasteiger partial charge in [0.15, 0.2) is 5.82 Å². The molecular formula is C13H19N3O. The Morgan fingerprint density at radius 2 is 2.12 bits per heavy atom. The van der Waals surface area contributed by atoms with Crippen LogP contribution < -0.4 is 5.32 Å². The van der Waals surface area contributed by atoms with Crippen molar-refractivity contribution in [1.29, 1.82) is 0 Å². The van der Waals surface area contributed by atoms with E-state index in [0.29, 0.717) is 5.92 Å². The smallest absolute Gasteiger partial charge is 0.160 e. The fourth-order valence-corrected chi connectivity index (χ4v) is 2.69. The Labute approximate surface area is 102 Å². The first-order chi connectivity index (χ1) is 8.33. The molecule has 1 unspecified atom stereocenters. The van der Waals surface area contributed by atoms with E-state index in [1.165, 1.54) is 30.5 Å². The number of ether oxygens (including phenoxy) is 1. The Bertz CT molecular complexity index is 429. The van der Waals surface area contributed by atoms with Crippen molar-refractivity contribution in [2.24, 2.45) is 5.92 Å². The summed E-state index contributed by atoms with van der Waals surface area (Å²) in [5.41, 5.74) is 2.53. The Kier molecular flexibility index (Phi) is 2.74. The van der Waals surface area contributed by atoms with E-state index in [2.05, 4.69) is 10.3 Å². The summed E-state index contributed by atoms with van der Waals surface area (Å²) in [4.78, 5) is 9.37. The highest BCUT2D eigenvalue weighted by Gasteiger charge is 2.35. The van der Waals surface area contributed by atoms with Crippen LogP contribution in [0.15, 0.2) is 0 Å². The molecule has 17 heavy (non-hydrogen) atoms. The molecule has 0 saturated heterocycles. The first kappa shape index (κ1) is 11.0. The van der Waals surface area contributed by atoms with Crippen molar-refractivity contribution in [3.63, 3.8) is 0 Å². The molecule has 1 fully saturated rings. The second-order valence-corrected chi connectivity index (χ2v) is 4.95. The fourth-order valence-electron chi connectivity index (χ4n) is 2.69. The molecule has 1 N–H and O–H groups in total. The standard InChI is InChI=1S/C13H19N3O/c1-14-12-9-4-3-5-10(9)15-13(16-12)11(17-2)8-6-7-8/h8,11H,3-7H2,1-2H3,(H,14,15,16). The number of rotatable bonds is 4. The van der Waals surface area contributed by atoms with E-state index < -0.39 is 0 Å². The van der Waals surface area contributed by atoms with Crippen LogP contribution in [0, 0.1) is 5.92 Å². The minimum atomic E-state index is 0.0907. The number of aryl methyl sites for hydroxylation is 1. The molecule has 1 aromatic rings. The normalized spacial score (nSPS) is 20.1. The van der Waals surface area contributed by atoms with Gasteiger partial charge in [0.2, 0.25) is 0 Å². The number of anilines is 1. The second-order valence-electron chi connectivity index (χ2n) is 4.95. The third-order valence-corrected chi connectivity index (χ3v) is 3.75. The average molecular weight is 233 g/mol. The molecule has 4 nitrogen and oxygen atoms in total. The summed E-state index contributed by atoms with van der Waals surface area (Å²) < 4.78 is 5.57. The fraction of sp³-hybridized carbons (Fsp3) is 0.692. The quantitative estimate of drug-likeness (QED) is 0.865.